The highest BCUT2D eigenvalue weighted by atomic mass is 19.3. The third-order valence-electron chi connectivity index (χ3n) is 10.00. The van der Waals surface area contributed by atoms with Gasteiger partial charge in [0.2, 0.25) is 5.91 Å². The molecule has 3 aliphatic heterocycles. The molecule has 262 valence electrons. The second-order valence-electron chi connectivity index (χ2n) is 14.9. The monoisotopic (exact) mass is 679 g/mol. The van der Waals surface area contributed by atoms with Gasteiger partial charge < -0.3 is 18.9 Å². The number of amides is 3. The molecule has 2 aromatic heterocycles. The molecular formula is C37H44F3N5O4. The van der Waals surface area contributed by atoms with E-state index in [0.717, 1.165) is 34.9 Å². The van der Waals surface area contributed by atoms with E-state index in [4.69, 9.17) is 4.74 Å². The Hall–Kier alpha value is -4.35. The van der Waals surface area contributed by atoms with E-state index < -0.39 is 48.5 Å². The predicted octanol–water partition coefficient (Wildman–Crippen LogP) is 6.83. The van der Waals surface area contributed by atoms with Crippen LogP contribution in [0.25, 0.3) is 16.6 Å². The van der Waals surface area contributed by atoms with Crippen LogP contribution in [0.4, 0.5) is 18.0 Å². The number of nitrogens with zero attached hydrogens (tertiary/aromatic N) is 5. The van der Waals surface area contributed by atoms with Crippen LogP contribution < -0.4 is 0 Å². The topological polar surface area (TPSA) is 87.5 Å². The van der Waals surface area contributed by atoms with Crippen molar-refractivity contribution in [2.75, 3.05) is 19.6 Å². The first kappa shape index (κ1) is 34.5. The van der Waals surface area contributed by atoms with Crippen molar-refractivity contribution in [2.45, 2.75) is 96.9 Å². The number of carbonyl (C=O) groups excluding carboxylic acids is 3. The van der Waals surface area contributed by atoms with Gasteiger partial charge in [-0.05, 0) is 90.1 Å². The molecule has 49 heavy (non-hydrogen) atoms. The van der Waals surface area contributed by atoms with E-state index in [1.807, 2.05) is 44.4 Å². The van der Waals surface area contributed by atoms with Gasteiger partial charge in [0, 0.05) is 48.8 Å². The molecule has 2 bridgehead atoms. The molecule has 3 atom stereocenters. The summed E-state index contributed by atoms with van der Waals surface area (Å²) in [6.07, 6.45) is 2.64. The van der Waals surface area contributed by atoms with Gasteiger partial charge in [0.1, 0.15) is 23.3 Å². The lowest BCUT2D eigenvalue weighted by Gasteiger charge is -2.53. The molecule has 4 aliphatic rings. The first-order valence-electron chi connectivity index (χ1n) is 16.9. The fourth-order valence-electron chi connectivity index (χ4n) is 7.54. The van der Waals surface area contributed by atoms with Gasteiger partial charge in [0.25, 0.3) is 12.3 Å². The molecule has 3 saturated heterocycles. The number of pyridine rings is 1. The molecule has 1 aromatic carbocycles. The van der Waals surface area contributed by atoms with Gasteiger partial charge in [-0.15, -0.1) is 0 Å². The third kappa shape index (κ3) is 6.53. The molecule has 9 nitrogen and oxygen atoms in total. The van der Waals surface area contributed by atoms with Crippen LogP contribution in [0.3, 0.4) is 0 Å². The van der Waals surface area contributed by atoms with Crippen LogP contribution in [-0.2, 0) is 9.53 Å². The van der Waals surface area contributed by atoms with E-state index in [1.165, 1.54) is 12.1 Å². The molecule has 3 aromatic rings. The summed E-state index contributed by atoms with van der Waals surface area (Å²) in [7, 11) is 0. The van der Waals surface area contributed by atoms with Gasteiger partial charge in [-0.25, -0.2) is 22.9 Å². The van der Waals surface area contributed by atoms with E-state index in [2.05, 4.69) is 11.6 Å². The average molecular weight is 680 g/mol. The van der Waals surface area contributed by atoms with Gasteiger partial charge in [-0.3, -0.25) is 14.5 Å². The summed E-state index contributed by atoms with van der Waals surface area (Å²) in [6.45, 7) is 14.8. The molecule has 0 spiro atoms. The fraction of sp³-hybridized carbons (Fsp3) is 0.514. The standard InChI is InChI=1S/C37H44F3N5O4/c1-20(2)43(19-32(39)40)34(46)30-14-25(38)8-10-28(30)29-13-23(18-44-22(4)41-15-31(29)44)24-16-42(17-24)35(47)33-27-11-9-26(12-21(27)3)45(33)36(48)49-37(5,6)7/h8,10,13-15,18,20,24,26-27,32-33H,3,9,11-12,16-17,19H2,1-2,4-7H3/t26-,27+,33+/m0/s1. The van der Waals surface area contributed by atoms with Crippen molar-refractivity contribution in [3.63, 3.8) is 0 Å². The zero-order valence-corrected chi connectivity index (χ0v) is 28.9. The molecule has 0 unspecified atom stereocenters. The largest absolute Gasteiger partial charge is 0.444 e. The van der Waals surface area contributed by atoms with Gasteiger partial charge in [0.05, 0.1) is 23.8 Å². The number of halogens is 3. The van der Waals surface area contributed by atoms with E-state index in [0.29, 0.717) is 42.0 Å². The van der Waals surface area contributed by atoms with Gasteiger partial charge in [-0.2, -0.15) is 0 Å². The number of carbonyl (C=O) groups is 3. The number of likely N-dealkylation sites (tertiary alicyclic amines) is 1. The summed E-state index contributed by atoms with van der Waals surface area (Å²) in [6, 6.07) is 4.41. The number of hydrogen-bond donors (Lipinski definition) is 0. The van der Waals surface area contributed by atoms with Crippen molar-refractivity contribution in [2.24, 2.45) is 5.92 Å². The third-order valence-corrected chi connectivity index (χ3v) is 10.00. The fourth-order valence-corrected chi connectivity index (χ4v) is 7.54. The summed E-state index contributed by atoms with van der Waals surface area (Å²) < 4.78 is 49.2. The van der Waals surface area contributed by atoms with Gasteiger partial charge in [-0.1, -0.05) is 18.2 Å². The summed E-state index contributed by atoms with van der Waals surface area (Å²) >= 11 is 0. The normalized spacial score (nSPS) is 21.1. The van der Waals surface area contributed by atoms with Crippen LogP contribution in [0.15, 0.2) is 48.8 Å². The van der Waals surface area contributed by atoms with Crippen LogP contribution in [0.5, 0.6) is 0 Å². The van der Waals surface area contributed by atoms with Crippen molar-refractivity contribution >= 4 is 23.4 Å². The molecule has 1 aliphatic carbocycles. The van der Waals surface area contributed by atoms with Crippen molar-refractivity contribution in [1.82, 2.24) is 24.1 Å². The number of hydrogen-bond acceptors (Lipinski definition) is 5. The summed E-state index contributed by atoms with van der Waals surface area (Å²) in [5, 5.41) is 0. The maximum atomic E-state index is 14.6. The summed E-state index contributed by atoms with van der Waals surface area (Å²) in [4.78, 5) is 50.1. The minimum absolute atomic E-state index is 0.0209. The smallest absolute Gasteiger partial charge is 0.411 e. The number of aromatic nitrogens is 2. The maximum absolute atomic E-state index is 14.6. The van der Waals surface area contributed by atoms with Crippen molar-refractivity contribution < 1.29 is 32.3 Å². The average Bonchev–Trinajstić information content (AvgIpc) is 3.37. The molecular weight excluding hydrogens is 635 g/mol. The van der Waals surface area contributed by atoms with Crippen LogP contribution in [0.1, 0.15) is 81.5 Å². The minimum atomic E-state index is -2.75. The Kier molecular flexibility index (Phi) is 9.04. The lowest BCUT2D eigenvalue weighted by Crippen LogP contribution is -2.66. The second kappa shape index (κ2) is 12.8. The molecule has 12 heteroatoms. The summed E-state index contributed by atoms with van der Waals surface area (Å²) in [5.41, 5.74) is 2.82. The first-order valence-corrected chi connectivity index (χ1v) is 16.9. The maximum Gasteiger partial charge on any atom is 0.411 e. The van der Waals surface area contributed by atoms with Crippen LogP contribution >= 0.6 is 0 Å². The van der Waals surface area contributed by atoms with Gasteiger partial charge >= 0.3 is 6.09 Å². The minimum Gasteiger partial charge on any atom is -0.444 e. The number of rotatable bonds is 7. The van der Waals surface area contributed by atoms with E-state index >= 15 is 0 Å². The lowest BCUT2D eigenvalue weighted by atomic mass is 9.71. The summed E-state index contributed by atoms with van der Waals surface area (Å²) in [5.74, 6) is -0.993. The van der Waals surface area contributed by atoms with Crippen LogP contribution in [-0.4, -0.2) is 91.8 Å². The lowest BCUT2D eigenvalue weighted by molar-refractivity contribution is -0.147. The molecule has 7 rings (SSSR count). The molecule has 4 fully saturated rings. The van der Waals surface area contributed by atoms with E-state index in [9.17, 15) is 27.6 Å². The highest BCUT2D eigenvalue weighted by molar-refractivity contribution is 6.03. The number of piperidine rings is 2. The van der Waals surface area contributed by atoms with Crippen molar-refractivity contribution in [3.05, 3.63) is 71.6 Å². The van der Waals surface area contributed by atoms with Gasteiger partial charge in [0.15, 0.2) is 0 Å². The SMILES string of the molecule is C=C1C[C@@H]2CC[C@H]1[C@H](C(=O)N1CC(c3cc(-c4ccc(F)cc4C(=O)N(CC(F)F)C(C)C)c4cnc(C)n4c3)C1)N2C(=O)OC(C)(C)C. The first-order chi connectivity index (χ1) is 23.0. The Morgan fingerprint density at radius 1 is 1.10 bits per heavy atom. The Bertz CT molecular complexity index is 1810. The Labute approximate surface area is 284 Å². The van der Waals surface area contributed by atoms with Crippen LogP contribution in [0.2, 0.25) is 0 Å². The van der Waals surface area contributed by atoms with Crippen molar-refractivity contribution in [1.29, 1.82) is 0 Å². The number of imidazole rings is 1. The second-order valence-corrected chi connectivity index (χ2v) is 14.9. The number of fused-ring (bicyclic) bond motifs is 4. The van der Waals surface area contributed by atoms with E-state index in [-0.39, 0.29) is 29.3 Å². The predicted molar refractivity (Wildman–Crippen MR) is 179 cm³/mol. The Morgan fingerprint density at radius 2 is 1.82 bits per heavy atom. The number of benzene rings is 1. The number of aryl methyl sites for hydroxylation is 1. The highest BCUT2D eigenvalue weighted by Gasteiger charge is 2.52. The number of ether oxygens (including phenoxy) is 1. The highest BCUT2D eigenvalue weighted by Crippen LogP contribution is 2.45. The zero-order chi connectivity index (χ0) is 35.5. The molecule has 1 saturated carbocycles. The van der Waals surface area contributed by atoms with Crippen molar-refractivity contribution in [3.8, 4) is 11.1 Å². The molecule has 3 amide bonds. The Balaban J connectivity index is 1.31. The number of alkyl halides is 2. The molecule has 5 heterocycles. The quantitative estimate of drug-likeness (QED) is 0.256. The molecule has 0 radical (unpaired) electrons. The zero-order valence-electron chi connectivity index (χ0n) is 28.9. The Morgan fingerprint density at radius 3 is 2.45 bits per heavy atom. The molecule has 0 N–H and O–H groups in total. The van der Waals surface area contributed by atoms with Crippen LogP contribution in [0, 0.1) is 18.7 Å². The van der Waals surface area contributed by atoms with E-state index in [1.54, 1.807) is 29.8 Å².